The summed E-state index contributed by atoms with van der Waals surface area (Å²) in [6.45, 7) is 4.14. The molecule has 0 amide bonds. The fraction of sp³-hybridized carbons (Fsp3) is 0.111. The Morgan fingerprint density at radius 2 is 1.67 bits per heavy atom. The molecule has 0 atom stereocenters. The normalized spacial score (nSPS) is 10.0. The van der Waals surface area contributed by atoms with Gasteiger partial charge in [-0.05, 0) is 61.4 Å². The average molecular weight is 316 g/mol. The topological polar surface area (TPSA) is 86.5 Å². The predicted octanol–water partition coefficient (Wildman–Crippen LogP) is 3.85. The molecule has 3 rings (SSSR count). The van der Waals surface area contributed by atoms with Gasteiger partial charge in [-0.15, -0.1) is 5.10 Å². The van der Waals surface area contributed by atoms with Crippen molar-refractivity contribution in [1.29, 1.82) is 5.26 Å². The standard InChI is InChI=1S/C18H16N6/c1-12-3-6-16(9-13(12)2)21-17-11-20-24-18(23-17)22-15-7-4-14(10-19)5-8-15/h3-9,11H,1-2H3,(H2,21,22,23,24). The largest absolute Gasteiger partial charge is 0.339 e. The average Bonchev–Trinajstić information content (AvgIpc) is 2.59. The van der Waals surface area contributed by atoms with Gasteiger partial charge in [0, 0.05) is 11.4 Å². The predicted molar refractivity (Wildman–Crippen MR) is 93.5 cm³/mol. The third kappa shape index (κ3) is 3.65. The monoisotopic (exact) mass is 316 g/mol. The lowest BCUT2D eigenvalue weighted by molar-refractivity contribution is 0.982. The van der Waals surface area contributed by atoms with Gasteiger partial charge in [-0.3, -0.25) is 0 Å². The summed E-state index contributed by atoms with van der Waals surface area (Å²) in [6, 6.07) is 15.3. The third-order valence-corrected chi connectivity index (χ3v) is 3.61. The Hall–Kier alpha value is -3.46. The van der Waals surface area contributed by atoms with Gasteiger partial charge < -0.3 is 10.6 Å². The molecule has 0 saturated carbocycles. The van der Waals surface area contributed by atoms with Crippen LogP contribution in [0.5, 0.6) is 0 Å². The van der Waals surface area contributed by atoms with Crippen LogP contribution < -0.4 is 10.6 Å². The van der Waals surface area contributed by atoms with E-state index >= 15 is 0 Å². The lowest BCUT2D eigenvalue weighted by atomic mass is 10.1. The van der Waals surface area contributed by atoms with Crippen molar-refractivity contribution in [2.75, 3.05) is 10.6 Å². The molecular formula is C18H16N6. The Bertz CT molecular complexity index is 896. The fourth-order valence-corrected chi connectivity index (χ4v) is 2.14. The van der Waals surface area contributed by atoms with Gasteiger partial charge in [0.25, 0.3) is 0 Å². The van der Waals surface area contributed by atoms with Crippen molar-refractivity contribution in [2.45, 2.75) is 13.8 Å². The molecule has 0 aliphatic heterocycles. The molecule has 24 heavy (non-hydrogen) atoms. The molecule has 6 heteroatoms. The van der Waals surface area contributed by atoms with E-state index < -0.39 is 0 Å². The molecule has 0 spiro atoms. The fourth-order valence-electron chi connectivity index (χ4n) is 2.14. The van der Waals surface area contributed by atoms with Crippen LogP contribution >= 0.6 is 0 Å². The summed E-state index contributed by atoms with van der Waals surface area (Å²) in [5.74, 6) is 0.984. The zero-order valence-electron chi connectivity index (χ0n) is 13.4. The lowest BCUT2D eigenvalue weighted by Crippen LogP contribution is -2.02. The number of hydrogen-bond acceptors (Lipinski definition) is 6. The molecule has 118 valence electrons. The first kappa shape index (κ1) is 15.4. The van der Waals surface area contributed by atoms with Gasteiger partial charge in [0.15, 0.2) is 5.82 Å². The highest BCUT2D eigenvalue weighted by atomic mass is 15.3. The summed E-state index contributed by atoms with van der Waals surface area (Å²) in [4.78, 5) is 4.40. The molecule has 2 N–H and O–H groups in total. The molecule has 1 heterocycles. The highest BCUT2D eigenvalue weighted by Crippen LogP contribution is 2.19. The van der Waals surface area contributed by atoms with Gasteiger partial charge in [0.05, 0.1) is 17.8 Å². The van der Waals surface area contributed by atoms with Crippen molar-refractivity contribution in [3.8, 4) is 6.07 Å². The third-order valence-electron chi connectivity index (χ3n) is 3.61. The van der Waals surface area contributed by atoms with Crippen molar-refractivity contribution in [3.63, 3.8) is 0 Å². The molecule has 0 aliphatic rings. The van der Waals surface area contributed by atoms with E-state index in [2.05, 4.69) is 57.9 Å². The Kier molecular flexibility index (Phi) is 4.34. The molecule has 0 saturated heterocycles. The number of aromatic nitrogens is 3. The van der Waals surface area contributed by atoms with Gasteiger partial charge in [0.1, 0.15) is 0 Å². The second-order valence-electron chi connectivity index (χ2n) is 5.40. The van der Waals surface area contributed by atoms with Crippen molar-refractivity contribution < 1.29 is 0 Å². The van der Waals surface area contributed by atoms with Crippen molar-refractivity contribution >= 4 is 23.1 Å². The highest BCUT2D eigenvalue weighted by Gasteiger charge is 2.03. The van der Waals surface area contributed by atoms with Gasteiger partial charge in [0.2, 0.25) is 5.95 Å². The number of rotatable bonds is 4. The van der Waals surface area contributed by atoms with Gasteiger partial charge in [-0.2, -0.15) is 15.3 Å². The molecule has 0 fully saturated rings. The Labute approximate surface area is 140 Å². The van der Waals surface area contributed by atoms with E-state index in [0.717, 1.165) is 11.4 Å². The van der Waals surface area contributed by atoms with Gasteiger partial charge in [-0.1, -0.05) is 6.07 Å². The molecule has 0 radical (unpaired) electrons. The molecule has 1 aromatic heterocycles. The Morgan fingerprint density at radius 3 is 2.38 bits per heavy atom. The summed E-state index contributed by atoms with van der Waals surface area (Å²) in [7, 11) is 0. The molecule has 0 bridgehead atoms. The van der Waals surface area contributed by atoms with Crippen LogP contribution in [0.3, 0.4) is 0 Å². The van der Waals surface area contributed by atoms with Crippen molar-refractivity contribution in [1.82, 2.24) is 15.2 Å². The van der Waals surface area contributed by atoms with Gasteiger partial charge >= 0.3 is 0 Å². The second kappa shape index (κ2) is 6.75. The summed E-state index contributed by atoms with van der Waals surface area (Å²) < 4.78 is 0. The van der Waals surface area contributed by atoms with Crippen molar-refractivity contribution in [3.05, 3.63) is 65.4 Å². The van der Waals surface area contributed by atoms with Crippen molar-refractivity contribution in [2.24, 2.45) is 0 Å². The van der Waals surface area contributed by atoms with E-state index in [0.29, 0.717) is 17.3 Å². The van der Waals surface area contributed by atoms with E-state index in [1.807, 2.05) is 6.07 Å². The molecule has 2 aromatic carbocycles. The zero-order chi connectivity index (χ0) is 16.9. The minimum atomic E-state index is 0.383. The number of benzene rings is 2. The van der Waals surface area contributed by atoms with Crippen LogP contribution in [-0.4, -0.2) is 15.2 Å². The number of hydrogen-bond donors (Lipinski definition) is 2. The SMILES string of the molecule is Cc1ccc(Nc2cnnc(Nc3ccc(C#N)cc3)n2)cc1C. The van der Waals surface area contributed by atoms with Crippen LogP contribution in [0.4, 0.5) is 23.1 Å². The summed E-state index contributed by atoms with van der Waals surface area (Å²) >= 11 is 0. The minimum absolute atomic E-state index is 0.383. The van der Waals surface area contributed by atoms with Crippen LogP contribution in [0.1, 0.15) is 16.7 Å². The first-order valence-corrected chi connectivity index (χ1v) is 7.45. The van der Waals surface area contributed by atoms with Crippen LogP contribution in [0.15, 0.2) is 48.7 Å². The highest BCUT2D eigenvalue weighted by molar-refractivity contribution is 5.60. The maximum atomic E-state index is 8.82. The summed E-state index contributed by atoms with van der Waals surface area (Å²) in [5, 5.41) is 23.0. The first-order valence-electron chi connectivity index (χ1n) is 7.45. The quantitative estimate of drug-likeness (QED) is 0.760. The lowest BCUT2D eigenvalue weighted by Gasteiger charge is -2.09. The number of nitrogens with one attached hydrogen (secondary N) is 2. The summed E-state index contributed by atoms with van der Waals surface area (Å²) in [6.07, 6.45) is 1.57. The minimum Gasteiger partial charge on any atom is -0.339 e. The van der Waals surface area contributed by atoms with E-state index in [-0.39, 0.29) is 0 Å². The Balaban J connectivity index is 1.75. The second-order valence-corrected chi connectivity index (χ2v) is 5.40. The zero-order valence-corrected chi connectivity index (χ0v) is 13.4. The maximum Gasteiger partial charge on any atom is 0.249 e. The van der Waals surface area contributed by atoms with E-state index in [9.17, 15) is 0 Å². The smallest absolute Gasteiger partial charge is 0.249 e. The van der Waals surface area contributed by atoms with Crippen LogP contribution in [-0.2, 0) is 0 Å². The van der Waals surface area contributed by atoms with Gasteiger partial charge in [-0.25, -0.2) is 0 Å². The van der Waals surface area contributed by atoms with E-state index in [1.165, 1.54) is 11.1 Å². The summed E-state index contributed by atoms with van der Waals surface area (Å²) in [5.41, 5.74) is 4.79. The number of nitriles is 1. The van der Waals surface area contributed by atoms with Crippen LogP contribution in [0.25, 0.3) is 0 Å². The van der Waals surface area contributed by atoms with E-state index in [4.69, 9.17) is 5.26 Å². The Morgan fingerprint density at radius 1 is 0.917 bits per heavy atom. The molecule has 0 aliphatic carbocycles. The molecule has 6 nitrogen and oxygen atoms in total. The molecular weight excluding hydrogens is 300 g/mol. The molecule has 3 aromatic rings. The number of aryl methyl sites for hydroxylation is 2. The van der Waals surface area contributed by atoms with Crippen LogP contribution in [0.2, 0.25) is 0 Å². The number of nitrogens with zero attached hydrogens (tertiary/aromatic N) is 4. The number of anilines is 4. The van der Waals surface area contributed by atoms with E-state index in [1.54, 1.807) is 30.5 Å². The molecule has 0 unspecified atom stereocenters. The first-order chi connectivity index (χ1) is 11.6. The maximum absolute atomic E-state index is 8.82. The van der Waals surface area contributed by atoms with Crippen LogP contribution in [0, 0.1) is 25.2 Å².